The number of rotatable bonds is 6. The van der Waals surface area contributed by atoms with Crippen LogP contribution in [-0.2, 0) is 28.9 Å². The number of nitrogens with zero attached hydrogens (tertiary/aromatic N) is 2. The summed E-state index contributed by atoms with van der Waals surface area (Å²) in [5.74, 6) is 0.195. The fourth-order valence-corrected chi connectivity index (χ4v) is 3.11. The summed E-state index contributed by atoms with van der Waals surface area (Å²) in [6, 6.07) is 9.84. The molecule has 25 heavy (non-hydrogen) atoms. The quantitative estimate of drug-likeness (QED) is 0.881. The van der Waals surface area contributed by atoms with E-state index < -0.39 is 0 Å². The van der Waals surface area contributed by atoms with E-state index in [9.17, 15) is 9.59 Å². The number of likely N-dealkylation sites (N-methyl/N-ethyl adjacent to an activating group) is 1. The number of aryl methyl sites for hydroxylation is 1. The average molecular weight is 337 g/mol. The minimum absolute atomic E-state index is 0.0598. The van der Waals surface area contributed by atoms with Crippen molar-refractivity contribution in [2.75, 3.05) is 18.4 Å². The van der Waals surface area contributed by atoms with Crippen LogP contribution in [0.25, 0.3) is 0 Å². The second-order valence-electron chi connectivity index (χ2n) is 6.30. The van der Waals surface area contributed by atoms with Crippen molar-refractivity contribution in [3.63, 3.8) is 0 Å². The first kappa shape index (κ1) is 17.1. The Morgan fingerprint density at radius 1 is 1.16 bits per heavy atom. The molecule has 2 heterocycles. The van der Waals surface area contributed by atoms with Gasteiger partial charge in [-0.05, 0) is 54.7 Å². The number of aromatic nitrogens is 1. The monoisotopic (exact) mass is 337 g/mol. The molecule has 1 aliphatic rings. The maximum absolute atomic E-state index is 12.6. The van der Waals surface area contributed by atoms with E-state index in [0.29, 0.717) is 25.9 Å². The van der Waals surface area contributed by atoms with Crippen molar-refractivity contribution in [1.29, 1.82) is 0 Å². The van der Waals surface area contributed by atoms with Crippen LogP contribution in [0, 0.1) is 0 Å². The highest BCUT2D eigenvalue weighted by Crippen LogP contribution is 2.24. The molecule has 2 aromatic rings. The molecule has 0 spiro atoms. The summed E-state index contributed by atoms with van der Waals surface area (Å²) >= 11 is 0. The third kappa shape index (κ3) is 4.44. The van der Waals surface area contributed by atoms with Crippen molar-refractivity contribution in [2.45, 2.75) is 32.6 Å². The summed E-state index contributed by atoms with van der Waals surface area (Å²) in [5, 5.41) is 2.87. The van der Waals surface area contributed by atoms with Gasteiger partial charge in [-0.3, -0.25) is 14.6 Å². The summed E-state index contributed by atoms with van der Waals surface area (Å²) in [6.07, 6.45) is 6.03. The second-order valence-corrected chi connectivity index (χ2v) is 6.30. The molecule has 1 aliphatic heterocycles. The van der Waals surface area contributed by atoms with Gasteiger partial charge in [0.05, 0.1) is 6.42 Å². The van der Waals surface area contributed by atoms with E-state index >= 15 is 0 Å². The predicted molar refractivity (Wildman–Crippen MR) is 97.3 cm³/mol. The van der Waals surface area contributed by atoms with Crippen LogP contribution in [0.15, 0.2) is 42.7 Å². The third-order valence-corrected chi connectivity index (χ3v) is 4.57. The number of pyridine rings is 1. The molecule has 0 aliphatic carbocycles. The van der Waals surface area contributed by atoms with Crippen molar-refractivity contribution < 1.29 is 9.59 Å². The van der Waals surface area contributed by atoms with Gasteiger partial charge in [0.15, 0.2) is 0 Å². The van der Waals surface area contributed by atoms with E-state index in [4.69, 9.17) is 0 Å². The van der Waals surface area contributed by atoms with Gasteiger partial charge in [-0.1, -0.05) is 12.1 Å². The number of anilines is 1. The molecule has 5 heteroatoms. The lowest BCUT2D eigenvalue weighted by Gasteiger charge is -2.22. The molecule has 0 radical (unpaired) electrons. The Labute approximate surface area is 148 Å². The molecule has 0 fully saturated rings. The largest absolute Gasteiger partial charge is 0.342 e. The van der Waals surface area contributed by atoms with Crippen LogP contribution in [0.5, 0.6) is 0 Å². The van der Waals surface area contributed by atoms with E-state index in [-0.39, 0.29) is 11.8 Å². The van der Waals surface area contributed by atoms with Gasteiger partial charge in [-0.15, -0.1) is 0 Å². The number of hydrogen-bond acceptors (Lipinski definition) is 3. The van der Waals surface area contributed by atoms with E-state index in [0.717, 1.165) is 29.7 Å². The van der Waals surface area contributed by atoms with E-state index in [1.165, 1.54) is 5.56 Å². The van der Waals surface area contributed by atoms with Crippen molar-refractivity contribution in [3.8, 4) is 0 Å². The van der Waals surface area contributed by atoms with Gasteiger partial charge in [0, 0.05) is 37.6 Å². The molecule has 1 aromatic carbocycles. The molecule has 1 N–H and O–H groups in total. The molecule has 0 saturated heterocycles. The summed E-state index contributed by atoms with van der Waals surface area (Å²) in [5.41, 5.74) is 4.18. The minimum Gasteiger partial charge on any atom is -0.342 e. The maximum atomic E-state index is 12.6. The summed E-state index contributed by atoms with van der Waals surface area (Å²) in [6.45, 7) is 3.41. The van der Waals surface area contributed by atoms with Gasteiger partial charge >= 0.3 is 0 Å². The predicted octanol–water partition coefficient (Wildman–Crippen LogP) is 2.60. The van der Waals surface area contributed by atoms with Gasteiger partial charge in [-0.25, -0.2) is 0 Å². The number of hydrogen-bond donors (Lipinski definition) is 1. The smallest absolute Gasteiger partial charge is 0.226 e. The Morgan fingerprint density at radius 2 is 1.96 bits per heavy atom. The molecular weight excluding hydrogens is 314 g/mol. The van der Waals surface area contributed by atoms with Crippen molar-refractivity contribution in [3.05, 3.63) is 59.4 Å². The number of benzene rings is 1. The van der Waals surface area contributed by atoms with Gasteiger partial charge in [0.2, 0.25) is 11.8 Å². The van der Waals surface area contributed by atoms with E-state index in [2.05, 4.69) is 10.3 Å². The first-order valence-electron chi connectivity index (χ1n) is 8.74. The standard InChI is InChI=1S/C20H23N3O2/c1-2-23(12-9-15-7-10-21-11-8-15)20(25)14-16-3-5-18-17(13-16)4-6-19(24)22-18/h3,5,7-8,10-11,13H,2,4,6,9,12,14H2,1H3,(H,22,24). The molecule has 1 aromatic heterocycles. The number of fused-ring (bicyclic) bond motifs is 1. The molecule has 0 bridgehead atoms. The third-order valence-electron chi connectivity index (χ3n) is 4.57. The number of amides is 2. The molecule has 0 saturated carbocycles. The normalized spacial score (nSPS) is 13.1. The highest BCUT2D eigenvalue weighted by molar-refractivity contribution is 5.94. The first-order valence-corrected chi connectivity index (χ1v) is 8.74. The lowest BCUT2D eigenvalue weighted by molar-refractivity contribution is -0.130. The zero-order valence-electron chi connectivity index (χ0n) is 14.5. The van der Waals surface area contributed by atoms with E-state index in [1.807, 2.05) is 42.2 Å². The van der Waals surface area contributed by atoms with Crippen LogP contribution >= 0.6 is 0 Å². The lowest BCUT2D eigenvalue weighted by Crippen LogP contribution is -2.34. The minimum atomic E-state index is 0.0598. The molecular formula is C20H23N3O2. The van der Waals surface area contributed by atoms with Gasteiger partial charge in [0.1, 0.15) is 0 Å². The summed E-state index contributed by atoms with van der Waals surface area (Å²) in [7, 11) is 0. The van der Waals surface area contributed by atoms with Gasteiger partial charge in [-0.2, -0.15) is 0 Å². The SMILES string of the molecule is CCN(CCc1ccncc1)C(=O)Cc1ccc2c(c1)CCC(=O)N2. The van der Waals surface area contributed by atoms with Crippen LogP contribution in [0.1, 0.15) is 30.0 Å². The molecule has 2 amide bonds. The van der Waals surface area contributed by atoms with E-state index in [1.54, 1.807) is 12.4 Å². The Balaban J connectivity index is 1.61. The van der Waals surface area contributed by atoms with Crippen LogP contribution in [0.3, 0.4) is 0 Å². The average Bonchev–Trinajstić information content (AvgIpc) is 2.63. The maximum Gasteiger partial charge on any atom is 0.226 e. The highest BCUT2D eigenvalue weighted by atomic mass is 16.2. The van der Waals surface area contributed by atoms with Gasteiger partial charge < -0.3 is 10.2 Å². The Morgan fingerprint density at radius 3 is 2.72 bits per heavy atom. The van der Waals surface area contributed by atoms with Crippen molar-refractivity contribution in [1.82, 2.24) is 9.88 Å². The molecule has 5 nitrogen and oxygen atoms in total. The Kier molecular flexibility index (Phi) is 5.43. The highest BCUT2D eigenvalue weighted by Gasteiger charge is 2.17. The summed E-state index contributed by atoms with van der Waals surface area (Å²) < 4.78 is 0. The number of carbonyl (C=O) groups is 2. The summed E-state index contributed by atoms with van der Waals surface area (Å²) in [4.78, 5) is 30.0. The Bertz CT molecular complexity index is 759. The molecule has 130 valence electrons. The first-order chi connectivity index (χ1) is 12.2. The zero-order chi connectivity index (χ0) is 17.6. The van der Waals surface area contributed by atoms with Gasteiger partial charge in [0.25, 0.3) is 0 Å². The fourth-order valence-electron chi connectivity index (χ4n) is 3.11. The van der Waals surface area contributed by atoms with Crippen molar-refractivity contribution in [2.24, 2.45) is 0 Å². The van der Waals surface area contributed by atoms with Crippen molar-refractivity contribution >= 4 is 17.5 Å². The fraction of sp³-hybridized carbons (Fsp3) is 0.350. The zero-order valence-corrected chi connectivity index (χ0v) is 14.5. The lowest BCUT2D eigenvalue weighted by atomic mass is 9.99. The molecule has 0 unspecified atom stereocenters. The van der Waals surface area contributed by atoms with Crippen LogP contribution in [0.2, 0.25) is 0 Å². The molecule has 0 atom stereocenters. The number of nitrogens with one attached hydrogen (secondary N) is 1. The van der Waals surface area contributed by atoms with Crippen LogP contribution in [0.4, 0.5) is 5.69 Å². The van der Waals surface area contributed by atoms with Crippen LogP contribution < -0.4 is 5.32 Å². The number of carbonyl (C=O) groups excluding carboxylic acids is 2. The Hall–Kier alpha value is -2.69. The van der Waals surface area contributed by atoms with Crippen LogP contribution in [-0.4, -0.2) is 34.8 Å². The topological polar surface area (TPSA) is 62.3 Å². The molecule has 3 rings (SSSR count). The second kappa shape index (κ2) is 7.92.